The van der Waals surface area contributed by atoms with Crippen LogP contribution in [0.3, 0.4) is 0 Å². The van der Waals surface area contributed by atoms with Crippen molar-refractivity contribution in [2.45, 2.75) is 24.6 Å². The number of aryl methyl sites for hydroxylation is 1. The molecule has 2 aromatic rings. The number of ether oxygens (including phenoxy) is 1. The first-order valence-corrected chi connectivity index (χ1v) is 10.5. The van der Waals surface area contributed by atoms with E-state index in [0.29, 0.717) is 5.75 Å². The lowest BCUT2D eigenvalue weighted by Crippen LogP contribution is -2.14. The Bertz CT molecular complexity index is 697. The number of hydrogen-bond donors (Lipinski definition) is 2. The zero-order valence-corrected chi connectivity index (χ0v) is 17.4. The minimum absolute atomic E-state index is 0.0732. The van der Waals surface area contributed by atoms with Gasteiger partial charge in [-0.05, 0) is 53.9 Å². The first-order chi connectivity index (χ1) is 12.1. The molecule has 2 N–H and O–H groups in total. The number of anilines is 2. The Morgan fingerprint density at radius 2 is 2.24 bits per heavy atom. The molecule has 0 aliphatic carbocycles. The lowest BCUT2D eigenvalue weighted by Gasteiger charge is -2.07. The normalized spacial score (nSPS) is 10.7. The van der Waals surface area contributed by atoms with Gasteiger partial charge in [0.25, 0.3) is 0 Å². The highest BCUT2D eigenvalue weighted by atomic mass is 79.9. The number of nitrogens with zero attached hydrogens (tertiary/aromatic N) is 2. The van der Waals surface area contributed by atoms with E-state index in [9.17, 15) is 4.79 Å². The van der Waals surface area contributed by atoms with Crippen molar-refractivity contribution in [3.8, 4) is 0 Å². The molecule has 136 valence electrons. The quantitative estimate of drug-likeness (QED) is 0.422. The molecular weight excluding hydrogens is 424 g/mol. The van der Waals surface area contributed by atoms with Gasteiger partial charge in [0.05, 0.1) is 11.4 Å². The van der Waals surface area contributed by atoms with Gasteiger partial charge in [-0.3, -0.25) is 4.79 Å². The van der Waals surface area contributed by atoms with Gasteiger partial charge >= 0.3 is 0 Å². The van der Waals surface area contributed by atoms with Crippen LogP contribution in [-0.4, -0.2) is 41.6 Å². The van der Waals surface area contributed by atoms with E-state index < -0.39 is 0 Å². The zero-order valence-electron chi connectivity index (χ0n) is 14.2. The fourth-order valence-corrected chi connectivity index (χ4v) is 4.06. The molecule has 0 radical (unpaired) electrons. The maximum absolute atomic E-state index is 12.1. The molecule has 6 nitrogen and oxygen atoms in total. The first kappa shape index (κ1) is 20.2. The summed E-state index contributed by atoms with van der Waals surface area (Å²) in [6.45, 7) is 6.25. The van der Waals surface area contributed by atoms with Crippen LogP contribution in [0.25, 0.3) is 0 Å². The van der Waals surface area contributed by atoms with E-state index in [0.717, 1.165) is 51.4 Å². The average molecular weight is 445 g/mol. The van der Waals surface area contributed by atoms with Crippen molar-refractivity contribution < 1.29 is 9.53 Å². The van der Waals surface area contributed by atoms with Gasteiger partial charge in [0, 0.05) is 24.2 Å². The number of hydrogen-bond acceptors (Lipinski definition) is 7. The van der Waals surface area contributed by atoms with Crippen LogP contribution in [0.15, 0.2) is 27.0 Å². The van der Waals surface area contributed by atoms with Gasteiger partial charge in [-0.25, -0.2) is 0 Å². The first-order valence-electron chi connectivity index (χ1n) is 7.92. The molecule has 0 saturated heterocycles. The molecule has 25 heavy (non-hydrogen) atoms. The third-order valence-electron chi connectivity index (χ3n) is 3.08. The Morgan fingerprint density at radius 1 is 1.40 bits per heavy atom. The summed E-state index contributed by atoms with van der Waals surface area (Å²) in [6.07, 6.45) is 0.920. The van der Waals surface area contributed by atoms with E-state index in [1.165, 1.54) is 23.1 Å². The van der Waals surface area contributed by atoms with Crippen molar-refractivity contribution >= 4 is 55.8 Å². The summed E-state index contributed by atoms with van der Waals surface area (Å²) in [6, 6.07) is 5.82. The summed E-state index contributed by atoms with van der Waals surface area (Å²) in [5.41, 5.74) is 1.90. The van der Waals surface area contributed by atoms with Gasteiger partial charge in [0.2, 0.25) is 11.0 Å². The van der Waals surface area contributed by atoms with E-state index in [4.69, 9.17) is 4.74 Å². The van der Waals surface area contributed by atoms with Crippen molar-refractivity contribution in [1.29, 1.82) is 0 Å². The zero-order chi connectivity index (χ0) is 18.1. The molecule has 1 heterocycles. The molecule has 0 fully saturated rings. The number of nitrogens with one attached hydrogen (secondary N) is 2. The third-order valence-corrected chi connectivity index (χ3v) is 5.75. The molecule has 0 atom stereocenters. The number of aromatic nitrogens is 2. The predicted octanol–water partition coefficient (Wildman–Crippen LogP) is 4.18. The van der Waals surface area contributed by atoms with Crippen LogP contribution in [0.1, 0.15) is 18.9 Å². The smallest absolute Gasteiger partial charge is 0.234 e. The summed E-state index contributed by atoms with van der Waals surface area (Å²) >= 11 is 6.28. The highest BCUT2D eigenvalue weighted by Gasteiger charge is 2.10. The average Bonchev–Trinajstić information content (AvgIpc) is 3.03. The second-order valence-electron chi connectivity index (χ2n) is 5.17. The maximum atomic E-state index is 12.1. The Labute approximate surface area is 164 Å². The predicted molar refractivity (Wildman–Crippen MR) is 108 cm³/mol. The largest absolute Gasteiger partial charge is 0.382 e. The van der Waals surface area contributed by atoms with E-state index in [2.05, 4.69) is 36.8 Å². The van der Waals surface area contributed by atoms with Gasteiger partial charge in [-0.2, -0.15) is 0 Å². The molecule has 0 bridgehead atoms. The number of halogens is 1. The molecule has 9 heteroatoms. The number of benzene rings is 1. The summed E-state index contributed by atoms with van der Waals surface area (Å²) in [5.74, 6) is 0.218. The van der Waals surface area contributed by atoms with Gasteiger partial charge in [0.15, 0.2) is 4.34 Å². The number of amides is 1. The van der Waals surface area contributed by atoms with Gasteiger partial charge in [-0.1, -0.05) is 29.2 Å². The lowest BCUT2D eigenvalue weighted by molar-refractivity contribution is -0.113. The molecule has 0 unspecified atom stereocenters. The topological polar surface area (TPSA) is 76.1 Å². The standard InChI is InChI=1S/C16H21BrN4O2S2/c1-3-23-8-4-7-18-15-20-21-16(25-15)24-10-14(22)19-13-6-5-11(2)9-12(13)17/h5-6,9H,3-4,7-8,10H2,1-2H3,(H,18,20)(H,19,22). The molecule has 0 saturated carbocycles. The van der Waals surface area contributed by atoms with Crippen LogP contribution in [0.2, 0.25) is 0 Å². The molecule has 0 spiro atoms. The van der Waals surface area contributed by atoms with Crippen molar-refractivity contribution in [1.82, 2.24) is 10.2 Å². The number of carbonyl (C=O) groups excluding carboxylic acids is 1. The Morgan fingerprint density at radius 3 is 3.00 bits per heavy atom. The second-order valence-corrected chi connectivity index (χ2v) is 8.22. The van der Waals surface area contributed by atoms with Crippen LogP contribution in [0, 0.1) is 6.92 Å². The SMILES string of the molecule is CCOCCCNc1nnc(SCC(=O)Nc2ccc(C)cc2Br)s1. The number of thioether (sulfide) groups is 1. The summed E-state index contributed by atoms with van der Waals surface area (Å²) in [4.78, 5) is 12.1. The maximum Gasteiger partial charge on any atom is 0.234 e. The molecule has 0 aliphatic heterocycles. The second kappa shape index (κ2) is 10.7. The van der Waals surface area contributed by atoms with Crippen molar-refractivity contribution in [2.75, 3.05) is 36.1 Å². The van der Waals surface area contributed by atoms with Crippen LogP contribution in [-0.2, 0) is 9.53 Å². The third kappa shape index (κ3) is 7.31. The Balaban J connectivity index is 1.72. The van der Waals surface area contributed by atoms with Crippen LogP contribution in [0.5, 0.6) is 0 Å². The van der Waals surface area contributed by atoms with Crippen molar-refractivity contribution in [2.24, 2.45) is 0 Å². The molecule has 1 aromatic carbocycles. The van der Waals surface area contributed by atoms with Gasteiger partial charge in [0.1, 0.15) is 0 Å². The van der Waals surface area contributed by atoms with Gasteiger partial charge < -0.3 is 15.4 Å². The van der Waals surface area contributed by atoms with Crippen LogP contribution in [0.4, 0.5) is 10.8 Å². The van der Waals surface area contributed by atoms with E-state index in [1.54, 1.807) is 0 Å². The molecule has 1 amide bonds. The summed E-state index contributed by atoms with van der Waals surface area (Å²) < 4.78 is 6.92. The summed E-state index contributed by atoms with van der Waals surface area (Å²) in [7, 11) is 0. The van der Waals surface area contributed by atoms with Gasteiger partial charge in [-0.15, -0.1) is 10.2 Å². The highest BCUT2D eigenvalue weighted by molar-refractivity contribution is 9.10. The molecule has 2 rings (SSSR count). The van der Waals surface area contributed by atoms with E-state index in [-0.39, 0.29) is 5.91 Å². The highest BCUT2D eigenvalue weighted by Crippen LogP contribution is 2.27. The molecule has 1 aromatic heterocycles. The molecular formula is C16H21BrN4O2S2. The number of carbonyl (C=O) groups is 1. The molecule has 0 aliphatic rings. The Kier molecular flexibility index (Phi) is 8.66. The lowest BCUT2D eigenvalue weighted by atomic mass is 10.2. The minimum atomic E-state index is -0.0732. The van der Waals surface area contributed by atoms with Crippen LogP contribution >= 0.6 is 39.0 Å². The van der Waals surface area contributed by atoms with Crippen molar-refractivity contribution in [3.63, 3.8) is 0 Å². The Hall–Kier alpha value is -1.16. The summed E-state index contributed by atoms with van der Waals surface area (Å²) in [5, 5.41) is 15.0. The van der Waals surface area contributed by atoms with Crippen LogP contribution < -0.4 is 10.6 Å². The van der Waals surface area contributed by atoms with E-state index >= 15 is 0 Å². The monoisotopic (exact) mass is 444 g/mol. The number of rotatable bonds is 10. The fraction of sp³-hybridized carbons (Fsp3) is 0.438. The van der Waals surface area contributed by atoms with Crippen molar-refractivity contribution in [3.05, 3.63) is 28.2 Å². The minimum Gasteiger partial charge on any atom is -0.382 e. The van der Waals surface area contributed by atoms with E-state index in [1.807, 2.05) is 32.0 Å². The fourth-order valence-electron chi connectivity index (χ4n) is 1.89.